The third-order valence-corrected chi connectivity index (χ3v) is 3.69. The maximum Gasteiger partial charge on any atom is 0.191 e. The van der Waals surface area contributed by atoms with Gasteiger partial charge in [-0.2, -0.15) is 0 Å². The molecule has 0 amide bonds. The molecule has 1 fully saturated rings. The Hall–Kier alpha value is -1.01. The molecule has 1 aromatic heterocycles. The highest BCUT2D eigenvalue weighted by Gasteiger charge is 2.21. The third kappa shape index (κ3) is 3.26. The van der Waals surface area contributed by atoms with Gasteiger partial charge in [0.25, 0.3) is 0 Å². The van der Waals surface area contributed by atoms with E-state index in [-0.39, 0.29) is 0 Å². The first kappa shape index (κ1) is 13.4. The Labute approximate surface area is 112 Å². The number of rotatable bonds is 4. The SMILES string of the molecule is COCC1CCCN(c2cc(N)nc(SC)n2)C1. The molecule has 1 atom stereocenters. The topological polar surface area (TPSA) is 64.3 Å². The minimum atomic E-state index is 0.540. The number of hydrogen-bond donors (Lipinski definition) is 1. The van der Waals surface area contributed by atoms with Crippen LogP contribution in [0.25, 0.3) is 0 Å². The summed E-state index contributed by atoms with van der Waals surface area (Å²) in [5.74, 6) is 2.06. The fourth-order valence-corrected chi connectivity index (χ4v) is 2.71. The van der Waals surface area contributed by atoms with Crippen molar-refractivity contribution in [3.05, 3.63) is 6.07 Å². The Kier molecular flexibility index (Phi) is 4.66. The van der Waals surface area contributed by atoms with Gasteiger partial charge in [-0.15, -0.1) is 0 Å². The van der Waals surface area contributed by atoms with Gasteiger partial charge in [-0.3, -0.25) is 0 Å². The van der Waals surface area contributed by atoms with Gasteiger partial charge in [0.1, 0.15) is 11.6 Å². The van der Waals surface area contributed by atoms with Gasteiger partial charge in [-0.25, -0.2) is 9.97 Å². The second kappa shape index (κ2) is 6.24. The lowest BCUT2D eigenvalue weighted by atomic mass is 9.99. The summed E-state index contributed by atoms with van der Waals surface area (Å²) in [5.41, 5.74) is 5.82. The van der Waals surface area contributed by atoms with Crippen molar-refractivity contribution in [1.29, 1.82) is 0 Å². The standard InChI is InChI=1S/C12H20N4OS/c1-17-8-9-4-3-5-16(7-9)11-6-10(13)14-12(15-11)18-2/h6,9H,3-5,7-8H2,1-2H3,(H2,13,14,15). The van der Waals surface area contributed by atoms with Crippen LogP contribution in [0.4, 0.5) is 11.6 Å². The molecule has 18 heavy (non-hydrogen) atoms. The Morgan fingerprint density at radius 2 is 2.39 bits per heavy atom. The van der Waals surface area contributed by atoms with Gasteiger partial charge in [0.15, 0.2) is 5.16 Å². The summed E-state index contributed by atoms with van der Waals surface area (Å²) < 4.78 is 5.25. The average Bonchev–Trinajstić information content (AvgIpc) is 2.39. The maximum absolute atomic E-state index is 5.82. The van der Waals surface area contributed by atoms with Gasteiger partial charge in [0.2, 0.25) is 0 Å². The van der Waals surface area contributed by atoms with Gasteiger partial charge in [-0.05, 0) is 25.0 Å². The number of thioether (sulfide) groups is 1. The zero-order valence-corrected chi connectivity index (χ0v) is 11.7. The molecule has 1 unspecified atom stereocenters. The first-order valence-electron chi connectivity index (χ1n) is 6.15. The molecule has 0 aliphatic carbocycles. The monoisotopic (exact) mass is 268 g/mol. The summed E-state index contributed by atoms with van der Waals surface area (Å²) in [6.45, 7) is 2.83. The van der Waals surface area contributed by atoms with E-state index in [4.69, 9.17) is 10.5 Å². The molecule has 0 radical (unpaired) electrons. The summed E-state index contributed by atoms with van der Waals surface area (Å²) in [7, 11) is 1.76. The van der Waals surface area contributed by atoms with E-state index >= 15 is 0 Å². The molecule has 2 N–H and O–H groups in total. The molecule has 2 heterocycles. The van der Waals surface area contributed by atoms with Crippen molar-refractivity contribution in [1.82, 2.24) is 9.97 Å². The molecule has 6 heteroatoms. The molecule has 0 aromatic carbocycles. The Morgan fingerprint density at radius 1 is 1.56 bits per heavy atom. The highest BCUT2D eigenvalue weighted by Crippen LogP contribution is 2.24. The highest BCUT2D eigenvalue weighted by molar-refractivity contribution is 7.98. The van der Waals surface area contributed by atoms with Gasteiger partial charge in [0, 0.05) is 26.3 Å². The van der Waals surface area contributed by atoms with Crippen molar-refractivity contribution < 1.29 is 4.74 Å². The molecule has 1 saturated heterocycles. The number of nitrogens with two attached hydrogens (primary N) is 1. The highest BCUT2D eigenvalue weighted by atomic mass is 32.2. The molecule has 0 spiro atoms. The van der Waals surface area contributed by atoms with Crippen LogP contribution in [0.5, 0.6) is 0 Å². The number of hydrogen-bond acceptors (Lipinski definition) is 6. The summed E-state index contributed by atoms with van der Waals surface area (Å²) in [4.78, 5) is 11.0. The number of piperidine rings is 1. The molecule has 2 rings (SSSR count). The van der Waals surface area contributed by atoms with E-state index in [0.29, 0.717) is 11.7 Å². The Bertz CT molecular complexity index is 400. The number of ether oxygens (including phenoxy) is 1. The van der Waals surface area contributed by atoms with Crippen LogP contribution in [0.2, 0.25) is 0 Å². The van der Waals surface area contributed by atoms with Crippen LogP contribution in [0.15, 0.2) is 11.2 Å². The van der Waals surface area contributed by atoms with Crippen molar-refractivity contribution in [3.8, 4) is 0 Å². The lowest BCUT2D eigenvalue weighted by Crippen LogP contribution is -2.37. The zero-order valence-electron chi connectivity index (χ0n) is 10.9. The van der Waals surface area contributed by atoms with Gasteiger partial charge in [0.05, 0.1) is 6.61 Å². The predicted octanol–water partition coefficient (Wildman–Crippen LogP) is 1.64. The van der Waals surface area contributed by atoms with Crippen LogP contribution in [0.3, 0.4) is 0 Å². The molecule has 1 aliphatic rings. The van der Waals surface area contributed by atoms with Crippen molar-refractivity contribution in [2.45, 2.75) is 18.0 Å². The summed E-state index contributed by atoms with van der Waals surface area (Å²) in [6, 6.07) is 1.86. The second-order valence-corrected chi connectivity index (χ2v) is 5.32. The Morgan fingerprint density at radius 3 is 3.11 bits per heavy atom. The van der Waals surface area contributed by atoms with E-state index < -0.39 is 0 Å². The minimum Gasteiger partial charge on any atom is -0.384 e. The molecule has 1 aliphatic heterocycles. The van der Waals surface area contributed by atoms with Gasteiger partial charge < -0.3 is 15.4 Å². The average molecular weight is 268 g/mol. The van der Waals surface area contributed by atoms with E-state index in [9.17, 15) is 0 Å². The number of nitrogens with zero attached hydrogens (tertiary/aromatic N) is 3. The van der Waals surface area contributed by atoms with Crippen LogP contribution >= 0.6 is 11.8 Å². The van der Waals surface area contributed by atoms with E-state index in [1.807, 2.05) is 12.3 Å². The van der Waals surface area contributed by atoms with Gasteiger partial charge in [-0.1, -0.05) is 11.8 Å². The first-order valence-corrected chi connectivity index (χ1v) is 7.38. The molecule has 1 aromatic rings. The molecule has 0 bridgehead atoms. The molecular weight excluding hydrogens is 248 g/mol. The first-order chi connectivity index (χ1) is 8.72. The van der Waals surface area contributed by atoms with Crippen LogP contribution in [0, 0.1) is 5.92 Å². The van der Waals surface area contributed by atoms with Crippen LogP contribution in [-0.4, -0.2) is 43.0 Å². The van der Waals surface area contributed by atoms with Crippen LogP contribution in [-0.2, 0) is 4.74 Å². The molecular formula is C12H20N4OS. The largest absolute Gasteiger partial charge is 0.384 e. The summed E-state index contributed by atoms with van der Waals surface area (Å²) in [5, 5.41) is 0.735. The molecule has 100 valence electrons. The summed E-state index contributed by atoms with van der Waals surface area (Å²) in [6.07, 6.45) is 4.36. The molecule has 5 nitrogen and oxygen atoms in total. The number of aromatic nitrogens is 2. The van der Waals surface area contributed by atoms with Crippen LogP contribution in [0.1, 0.15) is 12.8 Å². The minimum absolute atomic E-state index is 0.540. The van der Waals surface area contributed by atoms with Crippen molar-refractivity contribution in [2.75, 3.05) is 43.7 Å². The zero-order chi connectivity index (χ0) is 13.0. The second-order valence-electron chi connectivity index (χ2n) is 4.55. The lowest BCUT2D eigenvalue weighted by molar-refractivity contribution is 0.143. The van der Waals surface area contributed by atoms with Crippen molar-refractivity contribution >= 4 is 23.4 Å². The Balaban J connectivity index is 2.12. The fourth-order valence-electron chi connectivity index (χ4n) is 2.33. The smallest absolute Gasteiger partial charge is 0.191 e. The van der Waals surface area contributed by atoms with Crippen molar-refractivity contribution in [2.24, 2.45) is 5.92 Å². The number of methoxy groups -OCH3 is 1. The van der Waals surface area contributed by atoms with E-state index in [2.05, 4.69) is 14.9 Å². The van der Waals surface area contributed by atoms with E-state index in [1.54, 1.807) is 7.11 Å². The number of anilines is 2. The lowest BCUT2D eigenvalue weighted by Gasteiger charge is -2.33. The van der Waals surface area contributed by atoms with E-state index in [1.165, 1.54) is 24.6 Å². The van der Waals surface area contributed by atoms with E-state index in [0.717, 1.165) is 30.7 Å². The van der Waals surface area contributed by atoms with Gasteiger partial charge >= 0.3 is 0 Å². The number of nitrogen functional groups attached to an aromatic ring is 1. The summed E-state index contributed by atoms with van der Waals surface area (Å²) >= 11 is 1.52. The van der Waals surface area contributed by atoms with Crippen LogP contribution < -0.4 is 10.6 Å². The maximum atomic E-state index is 5.82. The predicted molar refractivity (Wildman–Crippen MR) is 75.0 cm³/mol. The quantitative estimate of drug-likeness (QED) is 0.661. The normalized spacial score (nSPS) is 20.1. The third-order valence-electron chi connectivity index (χ3n) is 3.14. The molecule has 0 saturated carbocycles. The van der Waals surface area contributed by atoms with Crippen molar-refractivity contribution in [3.63, 3.8) is 0 Å². The fraction of sp³-hybridized carbons (Fsp3) is 0.667.